The molecule has 0 aliphatic carbocycles. The van der Waals surface area contributed by atoms with Gasteiger partial charge in [0.1, 0.15) is 0 Å². The zero-order valence-corrected chi connectivity index (χ0v) is 12.2. The summed E-state index contributed by atoms with van der Waals surface area (Å²) in [4.78, 5) is 11.7. The van der Waals surface area contributed by atoms with E-state index in [-0.39, 0.29) is 23.1 Å². The fourth-order valence-electron chi connectivity index (χ4n) is 1.51. The molecular weight excluding hydrogens is 341 g/mol. The predicted octanol–water partition coefficient (Wildman–Crippen LogP) is 2.77. The molecule has 0 saturated carbocycles. The number of carbonyl (C=O) groups excluding carboxylic acids is 1. The van der Waals surface area contributed by atoms with Gasteiger partial charge in [-0.25, -0.2) is 0 Å². The van der Waals surface area contributed by atoms with Crippen LogP contribution in [0, 0.1) is 0 Å². The van der Waals surface area contributed by atoms with E-state index < -0.39 is 23.8 Å². The van der Waals surface area contributed by atoms with Gasteiger partial charge in [-0.3, -0.25) is 4.79 Å². The van der Waals surface area contributed by atoms with Gasteiger partial charge >= 0.3 is 6.18 Å². The van der Waals surface area contributed by atoms with Crippen molar-refractivity contribution in [1.29, 1.82) is 0 Å². The number of halogens is 4. The molecule has 0 aromatic heterocycles. The summed E-state index contributed by atoms with van der Waals surface area (Å²) in [5.41, 5.74) is 4.58. The Kier molecular flexibility index (Phi) is 5.97. The van der Waals surface area contributed by atoms with Gasteiger partial charge in [0.15, 0.2) is 0 Å². The Morgan fingerprint density at radius 1 is 1.45 bits per heavy atom. The number of amides is 1. The van der Waals surface area contributed by atoms with Crippen LogP contribution in [0.3, 0.4) is 0 Å². The topological polar surface area (TPSA) is 64.3 Å². The van der Waals surface area contributed by atoms with Crippen molar-refractivity contribution in [1.82, 2.24) is 0 Å². The lowest BCUT2D eigenvalue weighted by Gasteiger charge is -2.14. The number of anilines is 1. The van der Waals surface area contributed by atoms with Crippen molar-refractivity contribution in [2.45, 2.75) is 18.7 Å². The normalized spacial score (nSPS) is 13.1. The Labute approximate surface area is 122 Å². The van der Waals surface area contributed by atoms with Crippen LogP contribution in [0.5, 0.6) is 0 Å². The molecule has 0 heterocycles. The molecule has 1 amide bonds. The number of benzene rings is 1. The molecule has 3 N–H and O–H groups in total. The number of rotatable bonds is 5. The summed E-state index contributed by atoms with van der Waals surface area (Å²) >= 11 is 2.98. The average molecular weight is 355 g/mol. The first kappa shape index (κ1) is 16.9. The third-order valence-electron chi connectivity index (χ3n) is 2.52. The maximum atomic E-state index is 12.6. The zero-order chi connectivity index (χ0) is 15.3. The summed E-state index contributed by atoms with van der Waals surface area (Å²) in [6.07, 6.45) is -4.97. The molecule has 1 aromatic carbocycles. The summed E-state index contributed by atoms with van der Waals surface area (Å²) in [5, 5.41) is 2.39. The molecule has 1 atom stereocenters. The molecule has 20 heavy (non-hydrogen) atoms. The maximum absolute atomic E-state index is 12.6. The second kappa shape index (κ2) is 7.05. The van der Waals surface area contributed by atoms with Crippen LogP contribution in [0.25, 0.3) is 0 Å². The number of methoxy groups -OCH3 is 1. The smallest absolute Gasteiger partial charge is 0.380 e. The highest BCUT2D eigenvalue weighted by Crippen LogP contribution is 2.33. The van der Waals surface area contributed by atoms with E-state index in [0.717, 1.165) is 12.1 Å². The Balaban J connectivity index is 2.82. The highest BCUT2D eigenvalue weighted by Gasteiger charge is 2.31. The Bertz CT molecular complexity index is 476. The molecule has 0 radical (unpaired) electrons. The van der Waals surface area contributed by atoms with Gasteiger partial charge in [0, 0.05) is 23.8 Å². The van der Waals surface area contributed by atoms with E-state index in [9.17, 15) is 18.0 Å². The van der Waals surface area contributed by atoms with E-state index in [0.29, 0.717) is 0 Å². The summed E-state index contributed by atoms with van der Waals surface area (Å²) in [6, 6.07) is 3.19. The van der Waals surface area contributed by atoms with Gasteiger partial charge in [0.2, 0.25) is 5.91 Å². The minimum absolute atomic E-state index is 0.0269. The Morgan fingerprint density at radius 3 is 2.60 bits per heavy atom. The van der Waals surface area contributed by atoms with Crippen molar-refractivity contribution in [2.75, 3.05) is 19.0 Å². The monoisotopic (exact) mass is 354 g/mol. The van der Waals surface area contributed by atoms with Crippen molar-refractivity contribution in [3.63, 3.8) is 0 Å². The molecule has 0 fully saturated rings. The Hall–Kier alpha value is -1.12. The Morgan fingerprint density at radius 2 is 2.10 bits per heavy atom. The summed E-state index contributed by atoms with van der Waals surface area (Å²) < 4.78 is 43.1. The average Bonchev–Trinajstić information content (AvgIpc) is 2.34. The van der Waals surface area contributed by atoms with Crippen LogP contribution in [0.15, 0.2) is 22.7 Å². The van der Waals surface area contributed by atoms with Crippen LogP contribution in [-0.4, -0.2) is 25.7 Å². The third kappa shape index (κ3) is 5.10. The fourth-order valence-corrected chi connectivity index (χ4v) is 2.00. The first-order valence-corrected chi connectivity index (χ1v) is 6.46. The highest BCUT2D eigenvalue weighted by molar-refractivity contribution is 9.10. The zero-order valence-electron chi connectivity index (χ0n) is 10.6. The molecule has 0 aliphatic heterocycles. The fraction of sp³-hybridized carbons (Fsp3) is 0.417. The van der Waals surface area contributed by atoms with Gasteiger partial charge in [-0.05, 0) is 18.2 Å². The quantitative estimate of drug-likeness (QED) is 0.854. The summed E-state index contributed by atoms with van der Waals surface area (Å²) in [6.45, 7) is 0.149. The second-order valence-electron chi connectivity index (χ2n) is 4.07. The lowest BCUT2D eigenvalue weighted by molar-refractivity contribution is -0.137. The number of nitrogens with two attached hydrogens (primary N) is 1. The lowest BCUT2D eigenvalue weighted by atomic mass is 10.2. The number of carbonyl (C=O) groups is 1. The van der Waals surface area contributed by atoms with Crippen molar-refractivity contribution in [3.05, 3.63) is 28.2 Å². The lowest BCUT2D eigenvalue weighted by Crippen LogP contribution is -2.28. The number of ether oxygens (including phenoxy) is 1. The van der Waals surface area contributed by atoms with Gasteiger partial charge < -0.3 is 15.8 Å². The van der Waals surface area contributed by atoms with Crippen LogP contribution in [0.4, 0.5) is 18.9 Å². The molecule has 0 saturated heterocycles. The van der Waals surface area contributed by atoms with Crippen molar-refractivity contribution in [3.8, 4) is 0 Å². The van der Waals surface area contributed by atoms with Crippen molar-refractivity contribution < 1.29 is 22.7 Å². The van der Waals surface area contributed by atoms with E-state index in [1.54, 1.807) is 0 Å². The van der Waals surface area contributed by atoms with Gasteiger partial charge in [0.25, 0.3) is 0 Å². The largest absolute Gasteiger partial charge is 0.416 e. The van der Waals surface area contributed by atoms with Crippen LogP contribution in [0.1, 0.15) is 12.0 Å². The van der Waals surface area contributed by atoms with E-state index >= 15 is 0 Å². The molecule has 8 heteroatoms. The van der Waals surface area contributed by atoms with Gasteiger partial charge in [0.05, 0.1) is 18.1 Å². The van der Waals surface area contributed by atoms with Crippen LogP contribution in [0.2, 0.25) is 0 Å². The SMILES string of the molecule is COC(CN)CC(=O)Nc1cc(Br)cc(C(F)(F)F)c1. The minimum Gasteiger partial charge on any atom is -0.380 e. The molecule has 0 bridgehead atoms. The number of alkyl halides is 3. The molecule has 1 rings (SSSR count). The summed E-state index contributed by atoms with van der Waals surface area (Å²) in [5.74, 6) is -0.464. The number of hydrogen-bond acceptors (Lipinski definition) is 3. The van der Waals surface area contributed by atoms with Gasteiger partial charge in [-0.15, -0.1) is 0 Å². The summed E-state index contributed by atoms with van der Waals surface area (Å²) in [7, 11) is 1.41. The van der Waals surface area contributed by atoms with Gasteiger partial charge in [-0.1, -0.05) is 15.9 Å². The number of nitrogens with one attached hydrogen (secondary N) is 1. The minimum atomic E-state index is -4.48. The van der Waals surface area contributed by atoms with Crippen LogP contribution >= 0.6 is 15.9 Å². The van der Waals surface area contributed by atoms with E-state index in [4.69, 9.17) is 10.5 Å². The molecule has 0 spiro atoms. The highest BCUT2D eigenvalue weighted by atomic mass is 79.9. The first-order valence-electron chi connectivity index (χ1n) is 5.66. The molecule has 0 aliphatic rings. The molecule has 112 valence electrons. The molecular formula is C12H14BrF3N2O2. The third-order valence-corrected chi connectivity index (χ3v) is 2.98. The van der Waals surface area contributed by atoms with Crippen LogP contribution in [-0.2, 0) is 15.7 Å². The first-order chi connectivity index (χ1) is 9.26. The van der Waals surface area contributed by atoms with E-state index in [2.05, 4.69) is 21.2 Å². The van der Waals surface area contributed by atoms with Crippen molar-refractivity contribution >= 4 is 27.5 Å². The molecule has 1 aromatic rings. The van der Waals surface area contributed by atoms with E-state index in [1.165, 1.54) is 13.2 Å². The predicted molar refractivity (Wildman–Crippen MR) is 72.2 cm³/mol. The molecule has 1 unspecified atom stereocenters. The van der Waals surface area contributed by atoms with Crippen LogP contribution < -0.4 is 11.1 Å². The van der Waals surface area contributed by atoms with E-state index in [1.807, 2.05) is 0 Å². The van der Waals surface area contributed by atoms with Crippen molar-refractivity contribution in [2.24, 2.45) is 5.73 Å². The number of hydrogen-bond donors (Lipinski definition) is 2. The molecule has 4 nitrogen and oxygen atoms in total. The maximum Gasteiger partial charge on any atom is 0.416 e. The standard InChI is InChI=1S/C12H14BrF3N2O2/c1-20-10(6-17)5-11(19)18-9-3-7(12(14,15)16)2-8(13)4-9/h2-4,10H,5-6,17H2,1H3,(H,18,19). The van der Waals surface area contributed by atoms with Gasteiger partial charge in [-0.2, -0.15) is 13.2 Å². The second-order valence-corrected chi connectivity index (χ2v) is 4.99.